The number of nitro groups is 1. The predicted molar refractivity (Wildman–Crippen MR) is 102 cm³/mol. The summed E-state index contributed by atoms with van der Waals surface area (Å²) in [6, 6.07) is 15.1. The molecular weight excluding hydrogens is 378 g/mol. The van der Waals surface area contributed by atoms with Gasteiger partial charge >= 0.3 is 5.97 Å². The van der Waals surface area contributed by atoms with Gasteiger partial charge in [0.25, 0.3) is 11.6 Å². The summed E-state index contributed by atoms with van der Waals surface area (Å²) in [5, 5.41) is 33.7. The number of amides is 1. The molecule has 0 aliphatic rings. The third kappa shape index (κ3) is 4.12. The van der Waals surface area contributed by atoms with E-state index in [1.54, 1.807) is 36.4 Å². The van der Waals surface area contributed by atoms with Crippen LogP contribution in [0.4, 0.5) is 11.4 Å². The number of phenolic OH excluding ortho intramolecular Hbond substituents is 1. The first-order valence-electron chi connectivity index (χ1n) is 8.27. The van der Waals surface area contributed by atoms with Gasteiger partial charge in [0, 0.05) is 17.5 Å². The zero-order valence-corrected chi connectivity index (χ0v) is 14.8. The lowest BCUT2D eigenvalue weighted by Gasteiger charge is -2.10. The average Bonchev–Trinajstić information content (AvgIpc) is 2.72. The molecular formula is C20H13N3O6. The van der Waals surface area contributed by atoms with E-state index < -0.39 is 23.4 Å². The van der Waals surface area contributed by atoms with E-state index in [4.69, 9.17) is 10.00 Å². The second-order valence-electron chi connectivity index (χ2n) is 5.91. The SMILES string of the molecule is N#Cc1cc([N+](=O)[O-])ccc1NC(=O)COC(=O)c1ccc2ccccc2c1O. The molecule has 0 aromatic heterocycles. The Balaban J connectivity index is 1.68. The van der Waals surface area contributed by atoms with Crippen LogP contribution in [0.15, 0.2) is 54.6 Å². The quantitative estimate of drug-likeness (QED) is 0.386. The number of carbonyl (C=O) groups is 2. The highest BCUT2D eigenvalue weighted by Crippen LogP contribution is 2.29. The maximum atomic E-state index is 12.2. The first-order chi connectivity index (χ1) is 13.9. The summed E-state index contributed by atoms with van der Waals surface area (Å²) in [4.78, 5) is 34.4. The van der Waals surface area contributed by atoms with Gasteiger partial charge in [0.1, 0.15) is 17.4 Å². The molecule has 9 heteroatoms. The number of nitrogens with zero attached hydrogens (tertiary/aromatic N) is 2. The second kappa shape index (κ2) is 8.06. The summed E-state index contributed by atoms with van der Waals surface area (Å²) in [7, 11) is 0. The minimum atomic E-state index is -0.896. The highest BCUT2D eigenvalue weighted by Gasteiger charge is 2.18. The number of nitriles is 1. The highest BCUT2D eigenvalue weighted by molar-refractivity contribution is 6.02. The number of ether oxygens (including phenoxy) is 1. The van der Waals surface area contributed by atoms with Gasteiger partial charge in [0.05, 0.1) is 16.2 Å². The molecule has 2 N–H and O–H groups in total. The van der Waals surface area contributed by atoms with Crippen LogP contribution in [0.2, 0.25) is 0 Å². The molecule has 3 aromatic rings. The predicted octanol–water partition coefficient (Wildman–Crippen LogP) is 3.12. The summed E-state index contributed by atoms with van der Waals surface area (Å²) in [6.45, 7) is -0.674. The van der Waals surface area contributed by atoms with E-state index in [0.29, 0.717) is 5.39 Å². The number of phenols is 1. The number of non-ortho nitro benzene ring substituents is 1. The van der Waals surface area contributed by atoms with Crippen LogP contribution < -0.4 is 5.32 Å². The topological polar surface area (TPSA) is 143 Å². The monoisotopic (exact) mass is 391 g/mol. The summed E-state index contributed by atoms with van der Waals surface area (Å²) in [5.41, 5.74) is -0.443. The standard InChI is InChI=1S/C20H13N3O6/c21-10-13-9-14(23(27)28)6-8-17(13)22-18(24)11-29-20(26)16-7-5-12-3-1-2-4-15(12)19(16)25/h1-9,25H,11H2,(H,22,24). The molecule has 3 rings (SSSR count). The van der Waals surface area contributed by atoms with E-state index in [2.05, 4.69) is 5.32 Å². The van der Waals surface area contributed by atoms with Crippen molar-refractivity contribution in [3.63, 3.8) is 0 Å². The molecule has 0 unspecified atom stereocenters. The molecule has 1 amide bonds. The van der Waals surface area contributed by atoms with Crippen LogP contribution >= 0.6 is 0 Å². The van der Waals surface area contributed by atoms with Crippen molar-refractivity contribution in [2.45, 2.75) is 0 Å². The molecule has 0 radical (unpaired) electrons. The average molecular weight is 391 g/mol. The summed E-state index contributed by atoms with van der Waals surface area (Å²) < 4.78 is 4.93. The molecule has 0 saturated heterocycles. The number of fused-ring (bicyclic) bond motifs is 1. The minimum Gasteiger partial charge on any atom is -0.506 e. The fraction of sp³-hybridized carbons (Fsp3) is 0.0500. The molecule has 0 spiro atoms. The van der Waals surface area contributed by atoms with Crippen LogP contribution in [0.1, 0.15) is 15.9 Å². The van der Waals surface area contributed by atoms with Crippen LogP contribution in [-0.4, -0.2) is 28.5 Å². The van der Waals surface area contributed by atoms with Gasteiger partial charge in [-0.3, -0.25) is 14.9 Å². The van der Waals surface area contributed by atoms with Crippen LogP contribution in [-0.2, 0) is 9.53 Å². The van der Waals surface area contributed by atoms with Crippen LogP contribution in [0.5, 0.6) is 5.75 Å². The molecule has 0 saturated carbocycles. The zero-order chi connectivity index (χ0) is 21.0. The maximum Gasteiger partial charge on any atom is 0.342 e. The number of carbonyl (C=O) groups excluding carboxylic acids is 2. The van der Waals surface area contributed by atoms with Gasteiger partial charge in [0.15, 0.2) is 6.61 Å². The normalized spacial score (nSPS) is 10.2. The molecule has 0 aliphatic carbocycles. The van der Waals surface area contributed by atoms with Gasteiger partial charge in [-0.25, -0.2) is 4.79 Å². The number of rotatable bonds is 5. The van der Waals surface area contributed by atoms with Gasteiger partial charge in [-0.1, -0.05) is 30.3 Å². The van der Waals surface area contributed by atoms with Crippen molar-refractivity contribution in [2.75, 3.05) is 11.9 Å². The molecule has 29 heavy (non-hydrogen) atoms. The van der Waals surface area contributed by atoms with Crippen molar-refractivity contribution in [2.24, 2.45) is 0 Å². The number of benzene rings is 3. The van der Waals surface area contributed by atoms with Gasteiger partial charge in [-0.2, -0.15) is 5.26 Å². The number of hydrogen-bond acceptors (Lipinski definition) is 7. The summed E-state index contributed by atoms with van der Waals surface area (Å²) in [6.07, 6.45) is 0. The van der Waals surface area contributed by atoms with E-state index in [1.165, 1.54) is 12.1 Å². The number of nitrogens with one attached hydrogen (secondary N) is 1. The van der Waals surface area contributed by atoms with E-state index in [-0.39, 0.29) is 28.3 Å². The van der Waals surface area contributed by atoms with Crippen LogP contribution in [0, 0.1) is 21.4 Å². The Hall–Kier alpha value is -4.45. The van der Waals surface area contributed by atoms with Crippen molar-refractivity contribution in [1.82, 2.24) is 0 Å². The van der Waals surface area contributed by atoms with Crippen molar-refractivity contribution in [3.05, 3.63) is 75.8 Å². The fourth-order valence-electron chi connectivity index (χ4n) is 2.66. The van der Waals surface area contributed by atoms with Crippen LogP contribution in [0.3, 0.4) is 0 Å². The Morgan fingerprint density at radius 3 is 2.66 bits per heavy atom. The lowest BCUT2D eigenvalue weighted by molar-refractivity contribution is -0.384. The van der Waals surface area contributed by atoms with Crippen molar-refractivity contribution in [1.29, 1.82) is 5.26 Å². The van der Waals surface area contributed by atoms with E-state index >= 15 is 0 Å². The molecule has 0 aliphatic heterocycles. The number of aromatic hydroxyl groups is 1. The van der Waals surface area contributed by atoms with E-state index in [9.17, 15) is 24.8 Å². The third-order valence-electron chi connectivity index (χ3n) is 4.06. The Morgan fingerprint density at radius 2 is 1.93 bits per heavy atom. The third-order valence-corrected chi connectivity index (χ3v) is 4.06. The summed E-state index contributed by atoms with van der Waals surface area (Å²) >= 11 is 0. The molecule has 0 bridgehead atoms. The number of hydrogen-bond donors (Lipinski definition) is 2. The molecule has 0 fully saturated rings. The highest BCUT2D eigenvalue weighted by atomic mass is 16.6. The first-order valence-corrected chi connectivity index (χ1v) is 8.27. The molecule has 9 nitrogen and oxygen atoms in total. The fourth-order valence-corrected chi connectivity index (χ4v) is 2.66. The number of esters is 1. The minimum absolute atomic E-state index is 0.0488. The van der Waals surface area contributed by atoms with E-state index in [0.717, 1.165) is 17.5 Å². The van der Waals surface area contributed by atoms with Crippen LogP contribution in [0.25, 0.3) is 10.8 Å². The Bertz CT molecular complexity index is 1180. The Kier molecular flexibility index (Phi) is 5.37. The first kappa shape index (κ1) is 19.3. The van der Waals surface area contributed by atoms with Gasteiger partial charge < -0.3 is 15.2 Å². The lowest BCUT2D eigenvalue weighted by Crippen LogP contribution is -2.21. The number of nitro benzene ring substituents is 1. The van der Waals surface area contributed by atoms with Gasteiger partial charge in [-0.05, 0) is 17.5 Å². The number of anilines is 1. The summed E-state index contributed by atoms with van der Waals surface area (Å²) in [5.74, 6) is -1.90. The zero-order valence-electron chi connectivity index (χ0n) is 14.8. The molecule has 144 valence electrons. The Labute approximate surface area is 163 Å². The van der Waals surface area contributed by atoms with E-state index in [1.807, 2.05) is 0 Å². The van der Waals surface area contributed by atoms with Crippen molar-refractivity contribution in [3.8, 4) is 11.8 Å². The maximum absolute atomic E-state index is 12.2. The second-order valence-corrected chi connectivity index (χ2v) is 5.91. The van der Waals surface area contributed by atoms with Crippen molar-refractivity contribution < 1.29 is 24.4 Å². The van der Waals surface area contributed by atoms with Gasteiger partial charge in [0.2, 0.25) is 0 Å². The molecule has 0 heterocycles. The lowest BCUT2D eigenvalue weighted by atomic mass is 10.1. The van der Waals surface area contributed by atoms with Gasteiger partial charge in [-0.15, -0.1) is 0 Å². The Morgan fingerprint density at radius 1 is 1.17 bits per heavy atom. The smallest absolute Gasteiger partial charge is 0.342 e. The molecule has 3 aromatic carbocycles. The largest absolute Gasteiger partial charge is 0.506 e. The van der Waals surface area contributed by atoms with Crippen molar-refractivity contribution >= 4 is 34.0 Å². The molecule has 0 atom stereocenters.